The van der Waals surface area contributed by atoms with Crippen molar-refractivity contribution in [1.29, 1.82) is 10.5 Å². The molecule has 0 bridgehead atoms. The maximum atomic E-state index is 11.4. The smallest absolute Gasteiger partial charge is 0.305 e. The zero-order valence-corrected chi connectivity index (χ0v) is 27.4. The summed E-state index contributed by atoms with van der Waals surface area (Å²) in [5, 5.41) is 27.8. The number of thiophene rings is 1. The standard InChI is InChI=1S/C32H43N5O7S/c1-24(2)37(27-8-9-29(25(3)21-27)35-36-32-28(22-33)26(4)30(23-34)45-32)10-12-40-13-14-41-15-16-42-17-18-43-19-20-44-31(39)7-5-6-11-38/h8-9,11,21,24H,5-7,10,12-20H2,1-4H3/b36-35+. The van der Waals surface area contributed by atoms with Gasteiger partial charge in [0, 0.05) is 31.1 Å². The monoisotopic (exact) mass is 641 g/mol. The van der Waals surface area contributed by atoms with Crippen LogP contribution in [0.4, 0.5) is 16.4 Å². The van der Waals surface area contributed by atoms with Crippen molar-refractivity contribution in [2.24, 2.45) is 10.2 Å². The van der Waals surface area contributed by atoms with Gasteiger partial charge in [-0.15, -0.1) is 21.6 Å². The fourth-order valence-corrected chi connectivity index (χ4v) is 4.94. The minimum absolute atomic E-state index is 0.185. The minimum atomic E-state index is -0.323. The molecule has 0 aliphatic carbocycles. The number of aldehydes is 1. The number of nitrogens with zero attached hydrogens (tertiary/aromatic N) is 5. The quantitative estimate of drug-likeness (QED) is 0.0637. The number of benzene rings is 1. The van der Waals surface area contributed by atoms with Crippen LogP contribution in [0, 0.1) is 36.5 Å². The number of ether oxygens (including phenoxy) is 5. The zero-order chi connectivity index (χ0) is 32.9. The van der Waals surface area contributed by atoms with Gasteiger partial charge in [-0.05, 0) is 63.4 Å². The Kier molecular flexibility index (Phi) is 18.2. The summed E-state index contributed by atoms with van der Waals surface area (Å²) in [5.41, 5.74) is 3.72. The molecule has 0 unspecified atom stereocenters. The van der Waals surface area contributed by atoms with E-state index in [0.29, 0.717) is 98.9 Å². The average molecular weight is 642 g/mol. The molecule has 12 nitrogen and oxygen atoms in total. The SMILES string of the molecule is Cc1cc(N(CCOCCOCCOCCOCCOC(=O)CCCC=O)C(C)C)ccc1/N=N/c1sc(C#N)c(C)c1C#N. The molecule has 0 spiro atoms. The number of azo groups is 1. The number of nitriles is 2. The Morgan fingerprint density at radius 2 is 1.56 bits per heavy atom. The van der Waals surface area contributed by atoms with Gasteiger partial charge in [0.1, 0.15) is 29.9 Å². The highest BCUT2D eigenvalue weighted by Gasteiger charge is 2.15. The summed E-state index contributed by atoms with van der Waals surface area (Å²) in [6.45, 7) is 12.3. The lowest BCUT2D eigenvalue weighted by atomic mass is 10.1. The second-order valence-electron chi connectivity index (χ2n) is 10.1. The second-order valence-corrected chi connectivity index (χ2v) is 11.1. The van der Waals surface area contributed by atoms with E-state index in [0.717, 1.165) is 17.5 Å². The fraction of sp³-hybridized carbons (Fsp3) is 0.562. The molecule has 2 rings (SSSR count). The van der Waals surface area contributed by atoms with E-state index >= 15 is 0 Å². The lowest BCUT2D eigenvalue weighted by molar-refractivity contribution is -0.145. The van der Waals surface area contributed by atoms with Crippen molar-refractivity contribution in [3.05, 3.63) is 39.8 Å². The van der Waals surface area contributed by atoms with Crippen LogP contribution in [0.2, 0.25) is 0 Å². The largest absolute Gasteiger partial charge is 0.463 e. The van der Waals surface area contributed by atoms with Gasteiger partial charge in [0.25, 0.3) is 0 Å². The Bertz CT molecular complexity index is 1320. The number of hydrogen-bond donors (Lipinski definition) is 0. The average Bonchev–Trinajstić information content (AvgIpc) is 3.34. The minimum Gasteiger partial charge on any atom is -0.463 e. The van der Waals surface area contributed by atoms with Crippen LogP contribution in [-0.2, 0) is 33.3 Å². The number of unbranched alkanes of at least 4 members (excludes halogenated alkanes) is 1. The van der Waals surface area contributed by atoms with Gasteiger partial charge in [0.2, 0.25) is 0 Å². The van der Waals surface area contributed by atoms with Crippen molar-refractivity contribution in [3.8, 4) is 12.1 Å². The van der Waals surface area contributed by atoms with E-state index in [-0.39, 0.29) is 25.0 Å². The van der Waals surface area contributed by atoms with Crippen LogP contribution in [0.15, 0.2) is 28.4 Å². The maximum Gasteiger partial charge on any atom is 0.305 e. The molecule has 2 aromatic rings. The Morgan fingerprint density at radius 1 is 0.933 bits per heavy atom. The fourth-order valence-electron chi connectivity index (χ4n) is 4.06. The molecule has 1 aromatic heterocycles. The number of hydrogen-bond acceptors (Lipinski definition) is 13. The number of rotatable bonds is 23. The summed E-state index contributed by atoms with van der Waals surface area (Å²) in [6.07, 6.45) is 1.89. The molecular weight excluding hydrogens is 598 g/mol. The third-order valence-corrected chi connectivity index (χ3v) is 7.59. The lowest BCUT2D eigenvalue weighted by Gasteiger charge is -2.29. The highest BCUT2D eigenvalue weighted by atomic mass is 32.1. The first kappa shape index (κ1) is 37.5. The normalized spacial score (nSPS) is 11.1. The van der Waals surface area contributed by atoms with E-state index in [2.05, 4.69) is 47.2 Å². The van der Waals surface area contributed by atoms with Crippen LogP contribution in [0.1, 0.15) is 54.7 Å². The molecule has 244 valence electrons. The third kappa shape index (κ3) is 13.9. The Balaban J connectivity index is 1.60. The van der Waals surface area contributed by atoms with Gasteiger partial charge >= 0.3 is 5.97 Å². The number of carbonyl (C=O) groups excluding carboxylic acids is 2. The van der Waals surface area contributed by atoms with Crippen molar-refractivity contribution in [3.63, 3.8) is 0 Å². The van der Waals surface area contributed by atoms with Crippen molar-refractivity contribution in [2.75, 3.05) is 70.9 Å². The molecule has 0 fully saturated rings. The van der Waals surface area contributed by atoms with Crippen molar-refractivity contribution in [2.45, 2.75) is 53.0 Å². The van der Waals surface area contributed by atoms with E-state index in [1.54, 1.807) is 6.92 Å². The van der Waals surface area contributed by atoms with E-state index in [4.69, 9.17) is 23.7 Å². The summed E-state index contributed by atoms with van der Waals surface area (Å²) in [6, 6.07) is 10.4. The number of carbonyl (C=O) groups is 2. The van der Waals surface area contributed by atoms with Gasteiger partial charge < -0.3 is 33.4 Å². The van der Waals surface area contributed by atoms with Crippen LogP contribution in [0.5, 0.6) is 0 Å². The highest BCUT2D eigenvalue weighted by Crippen LogP contribution is 2.36. The number of anilines is 1. The predicted molar refractivity (Wildman–Crippen MR) is 170 cm³/mol. The number of esters is 1. The van der Waals surface area contributed by atoms with Gasteiger partial charge in [-0.2, -0.15) is 10.5 Å². The van der Waals surface area contributed by atoms with Crippen LogP contribution in [0.3, 0.4) is 0 Å². The summed E-state index contributed by atoms with van der Waals surface area (Å²) < 4.78 is 27.2. The first-order valence-corrected chi connectivity index (χ1v) is 15.8. The predicted octanol–water partition coefficient (Wildman–Crippen LogP) is 5.72. The van der Waals surface area contributed by atoms with E-state index in [9.17, 15) is 20.1 Å². The first-order chi connectivity index (χ1) is 21.8. The van der Waals surface area contributed by atoms with Gasteiger partial charge in [-0.1, -0.05) is 0 Å². The molecule has 0 aliphatic heterocycles. The molecule has 0 amide bonds. The molecule has 45 heavy (non-hydrogen) atoms. The summed E-state index contributed by atoms with van der Waals surface area (Å²) in [7, 11) is 0. The summed E-state index contributed by atoms with van der Waals surface area (Å²) in [5.74, 6) is -0.323. The van der Waals surface area contributed by atoms with Crippen LogP contribution < -0.4 is 4.90 Å². The highest BCUT2D eigenvalue weighted by molar-refractivity contribution is 7.16. The molecule has 0 aliphatic rings. The maximum absolute atomic E-state index is 11.4. The van der Waals surface area contributed by atoms with E-state index in [1.807, 2.05) is 19.1 Å². The molecule has 0 atom stereocenters. The summed E-state index contributed by atoms with van der Waals surface area (Å²) >= 11 is 1.17. The van der Waals surface area contributed by atoms with Gasteiger partial charge in [0.05, 0.1) is 64.1 Å². The first-order valence-electron chi connectivity index (χ1n) is 14.9. The Morgan fingerprint density at radius 3 is 2.11 bits per heavy atom. The molecule has 0 radical (unpaired) electrons. The van der Waals surface area contributed by atoms with Crippen LogP contribution in [-0.4, -0.2) is 84.3 Å². The van der Waals surface area contributed by atoms with Crippen molar-refractivity contribution >= 4 is 40.0 Å². The topological polar surface area (TPSA) is 156 Å². The second kappa shape index (κ2) is 21.9. The van der Waals surface area contributed by atoms with Crippen LogP contribution >= 0.6 is 11.3 Å². The summed E-state index contributed by atoms with van der Waals surface area (Å²) in [4.78, 5) is 24.3. The molecule has 13 heteroatoms. The number of aryl methyl sites for hydroxylation is 1. The Labute approximate surface area is 269 Å². The third-order valence-electron chi connectivity index (χ3n) is 6.51. The van der Waals surface area contributed by atoms with E-state index < -0.39 is 0 Å². The Hall–Kier alpha value is -3.72. The molecular formula is C32H43N5O7S. The van der Waals surface area contributed by atoms with Gasteiger partial charge in [-0.3, -0.25) is 4.79 Å². The molecule has 1 aromatic carbocycles. The molecule has 0 N–H and O–H groups in total. The van der Waals surface area contributed by atoms with Crippen molar-refractivity contribution < 1.29 is 33.3 Å². The van der Waals surface area contributed by atoms with Crippen LogP contribution in [0.25, 0.3) is 0 Å². The lowest BCUT2D eigenvalue weighted by Crippen LogP contribution is -2.34. The molecule has 0 saturated heterocycles. The van der Waals surface area contributed by atoms with E-state index in [1.165, 1.54) is 11.3 Å². The molecule has 0 saturated carbocycles. The molecule has 1 heterocycles. The zero-order valence-electron chi connectivity index (χ0n) is 26.6. The van der Waals surface area contributed by atoms with Crippen molar-refractivity contribution in [1.82, 2.24) is 0 Å². The van der Waals surface area contributed by atoms with Gasteiger partial charge in [0.15, 0.2) is 5.00 Å². The van der Waals surface area contributed by atoms with Gasteiger partial charge in [-0.25, -0.2) is 0 Å².